The number of carbonyl (C=O) groups is 2. The van der Waals surface area contributed by atoms with E-state index < -0.39 is 0 Å². The molecule has 0 aliphatic carbocycles. The summed E-state index contributed by atoms with van der Waals surface area (Å²) in [6.45, 7) is 5.98. The van der Waals surface area contributed by atoms with Crippen molar-refractivity contribution in [1.82, 2.24) is 15.2 Å². The molecule has 0 aliphatic heterocycles. The topological polar surface area (TPSA) is 74.3 Å². The van der Waals surface area contributed by atoms with Gasteiger partial charge in [-0.1, -0.05) is 19.9 Å². The largest absolute Gasteiger partial charge is 0.339 e. The van der Waals surface area contributed by atoms with Gasteiger partial charge in [0, 0.05) is 30.5 Å². The molecule has 2 N–H and O–H groups in total. The molecular weight excluding hydrogens is 328 g/mol. The molecule has 0 aliphatic rings. The zero-order valence-corrected chi connectivity index (χ0v) is 15.4. The maximum atomic E-state index is 12.5. The highest BCUT2D eigenvalue weighted by Crippen LogP contribution is 2.12. The van der Waals surface area contributed by atoms with Crippen LogP contribution in [0.25, 0.3) is 0 Å². The molecule has 0 atom stereocenters. The van der Waals surface area contributed by atoms with Crippen LogP contribution in [0.3, 0.4) is 0 Å². The monoisotopic (exact) mass is 354 g/mol. The molecule has 0 bridgehead atoms. The quantitative estimate of drug-likeness (QED) is 0.760. The number of carbonyl (C=O) groups excluding carboxylic acids is 2. The molecule has 26 heavy (non-hydrogen) atoms. The highest BCUT2D eigenvalue weighted by molar-refractivity contribution is 5.95. The average Bonchev–Trinajstić information content (AvgIpc) is 2.67. The number of aromatic nitrogens is 1. The first-order valence-electron chi connectivity index (χ1n) is 8.98. The molecule has 0 unspecified atom stereocenters. The number of hydrogen-bond acceptors (Lipinski definition) is 3. The predicted molar refractivity (Wildman–Crippen MR) is 103 cm³/mol. The van der Waals surface area contributed by atoms with E-state index in [0.717, 1.165) is 31.6 Å². The van der Waals surface area contributed by atoms with Gasteiger partial charge >= 0.3 is 6.03 Å². The van der Waals surface area contributed by atoms with Crippen molar-refractivity contribution in [3.05, 3.63) is 59.9 Å². The Morgan fingerprint density at radius 2 is 1.69 bits per heavy atom. The fourth-order valence-corrected chi connectivity index (χ4v) is 2.58. The Morgan fingerprint density at radius 3 is 2.27 bits per heavy atom. The Balaban J connectivity index is 1.89. The van der Waals surface area contributed by atoms with Crippen molar-refractivity contribution < 1.29 is 9.59 Å². The Morgan fingerprint density at radius 1 is 1.00 bits per heavy atom. The lowest BCUT2D eigenvalue weighted by molar-refractivity contribution is 0.0755. The van der Waals surface area contributed by atoms with Gasteiger partial charge in [0.25, 0.3) is 5.91 Å². The van der Waals surface area contributed by atoms with Gasteiger partial charge in [0.2, 0.25) is 0 Å². The molecule has 1 heterocycles. The summed E-state index contributed by atoms with van der Waals surface area (Å²) in [6, 6.07) is 12.2. The van der Waals surface area contributed by atoms with Crippen LogP contribution in [0.15, 0.2) is 48.7 Å². The number of pyridine rings is 1. The van der Waals surface area contributed by atoms with E-state index in [1.807, 2.05) is 23.1 Å². The molecular formula is C20H26N4O2. The van der Waals surface area contributed by atoms with Crippen molar-refractivity contribution in [2.45, 2.75) is 33.2 Å². The molecule has 0 fully saturated rings. The van der Waals surface area contributed by atoms with Crippen LogP contribution in [0.2, 0.25) is 0 Å². The van der Waals surface area contributed by atoms with Crippen LogP contribution in [0, 0.1) is 0 Å². The summed E-state index contributed by atoms with van der Waals surface area (Å²) in [5, 5.41) is 5.50. The minimum absolute atomic E-state index is 0.0276. The zero-order valence-electron chi connectivity index (χ0n) is 15.4. The summed E-state index contributed by atoms with van der Waals surface area (Å²) in [7, 11) is 0. The van der Waals surface area contributed by atoms with Crippen LogP contribution in [-0.4, -0.2) is 34.9 Å². The molecule has 6 heteroatoms. The molecule has 2 aromatic rings. The third kappa shape index (κ3) is 5.88. The van der Waals surface area contributed by atoms with Crippen molar-refractivity contribution in [1.29, 1.82) is 0 Å². The fourth-order valence-electron chi connectivity index (χ4n) is 2.58. The molecule has 0 saturated heterocycles. The Labute approximate surface area is 154 Å². The van der Waals surface area contributed by atoms with E-state index in [1.54, 1.807) is 30.5 Å². The summed E-state index contributed by atoms with van der Waals surface area (Å²) >= 11 is 0. The smallest absolute Gasteiger partial charge is 0.319 e. The van der Waals surface area contributed by atoms with Crippen molar-refractivity contribution in [3.8, 4) is 0 Å². The summed E-state index contributed by atoms with van der Waals surface area (Å²) in [5.74, 6) is 0.0276. The van der Waals surface area contributed by atoms with Crippen LogP contribution in [0.4, 0.5) is 10.5 Å². The number of rotatable bonds is 8. The highest BCUT2D eigenvalue weighted by atomic mass is 16.2. The maximum Gasteiger partial charge on any atom is 0.319 e. The minimum Gasteiger partial charge on any atom is -0.339 e. The van der Waals surface area contributed by atoms with Gasteiger partial charge in [-0.25, -0.2) is 4.79 Å². The first-order valence-corrected chi connectivity index (χ1v) is 8.98. The van der Waals surface area contributed by atoms with Gasteiger partial charge in [0.15, 0.2) is 0 Å². The van der Waals surface area contributed by atoms with Crippen molar-refractivity contribution in [3.63, 3.8) is 0 Å². The second-order valence-electron chi connectivity index (χ2n) is 6.00. The van der Waals surface area contributed by atoms with Crippen LogP contribution in [0.5, 0.6) is 0 Å². The average molecular weight is 354 g/mol. The van der Waals surface area contributed by atoms with E-state index in [4.69, 9.17) is 0 Å². The molecule has 2 rings (SSSR count). The van der Waals surface area contributed by atoms with E-state index in [0.29, 0.717) is 17.8 Å². The Bertz CT molecular complexity index is 696. The maximum absolute atomic E-state index is 12.5. The number of hydrogen-bond donors (Lipinski definition) is 2. The lowest BCUT2D eigenvalue weighted by Crippen LogP contribution is -2.32. The number of anilines is 1. The highest BCUT2D eigenvalue weighted by Gasteiger charge is 2.14. The minimum atomic E-state index is -0.312. The fraction of sp³-hybridized carbons (Fsp3) is 0.350. The molecule has 0 saturated carbocycles. The normalized spacial score (nSPS) is 10.2. The SMILES string of the molecule is CCCN(CCC)C(=O)c1ccc(NC(=O)NCc2ccccn2)cc1. The molecule has 1 aromatic heterocycles. The van der Waals surface area contributed by atoms with Gasteiger partial charge in [0.1, 0.15) is 0 Å². The van der Waals surface area contributed by atoms with E-state index in [9.17, 15) is 9.59 Å². The third-order valence-corrected chi connectivity index (χ3v) is 3.82. The lowest BCUT2D eigenvalue weighted by atomic mass is 10.1. The number of amides is 3. The summed E-state index contributed by atoms with van der Waals surface area (Å²) in [6.07, 6.45) is 3.55. The third-order valence-electron chi connectivity index (χ3n) is 3.82. The second-order valence-corrected chi connectivity index (χ2v) is 6.00. The van der Waals surface area contributed by atoms with Crippen molar-refractivity contribution >= 4 is 17.6 Å². The first-order chi connectivity index (χ1) is 12.6. The van der Waals surface area contributed by atoms with Crippen LogP contribution in [-0.2, 0) is 6.54 Å². The predicted octanol–water partition coefficient (Wildman–Crippen LogP) is 3.67. The van der Waals surface area contributed by atoms with Gasteiger partial charge in [-0.15, -0.1) is 0 Å². The van der Waals surface area contributed by atoms with E-state index >= 15 is 0 Å². The number of nitrogens with one attached hydrogen (secondary N) is 2. The molecule has 6 nitrogen and oxygen atoms in total. The summed E-state index contributed by atoms with van der Waals surface area (Å²) in [5.41, 5.74) is 2.06. The Hall–Kier alpha value is -2.89. The molecule has 0 radical (unpaired) electrons. The summed E-state index contributed by atoms with van der Waals surface area (Å²) in [4.78, 5) is 30.5. The van der Waals surface area contributed by atoms with Crippen molar-refractivity contribution in [2.75, 3.05) is 18.4 Å². The standard InChI is InChI=1S/C20H26N4O2/c1-3-13-24(14-4-2)19(25)16-8-10-17(11-9-16)23-20(26)22-15-18-7-5-6-12-21-18/h5-12H,3-4,13-15H2,1-2H3,(H2,22,23,26). The zero-order chi connectivity index (χ0) is 18.8. The first kappa shape index (κ1) is 19.4. The van der Waals surface area contributed by atoms with E-state index in [1.165, 1.54) is 0 Å². The number of urea groups is 1. The van der Waals surface area contributed by atoms with Crippen molar-refractivity contribution in [2.24, 2.45) is 0 Å². The lowest BCUT2D eigenvalue weighted by Gasteiger charge is -2.21. The van der Waals surface area contributed by atoms with Gasteiger partial charge < -0.3 is 15.5 Å². The van der Waals surface area contributed by atoms with Gasteiger partial charge in [-0.2, -0.15) is 0 Å². The van der Waals surface area contributed by atoms with E-state index in [2.05, 4.69) is 29.5 Å². The van der Waals surface area contributed by atoms with Gasteiger partial charge in [-0.3, -0.25) is 9.78 Å². The van der Waals surface area contributed by atoms with E-state index in [-0.39, 0.29) is 11.9 Å². The molecule has 138 valence electrons. The summed E-state index contributed by atoms with van der Waals surface area (Å²) < 4.78 is 0. The van der Waals surface area contributed by atoms with Crippen LogP contribution < -0.4 is 10.6 Å². The second kappa shape index (κ2) is 10.2. The molecule has 3 amide bonds. The Kier molecular flexibility index (Phi) is 7.61. The number of nitrogens with zero attached hydrogens (tertiary/aromatic N) is 2. The van der Waals surface area contributed by atoms with Crippen LogP contribution in [0.1, 0.15) is 42.7 Å². The van der Waals surface area contributed by atoms with Crippen LogP contribution >= 0.6 is 0 Å². The molecule has 1 aromatic carbocycles. The number of benzene rings is 1. The molecule has 0 spiro atoms. The van der Waals surface area contributed by atoms with Gasteiger partial charge in [-0.05, 0) is 49.2 Å². The van der Waals surface area contributed by atoms with Gasteiger partial charge in [0.05, 0.1) is 12.2 Å².